The van der Waals surface area contributed by atoms with Crippen molar-refractivity contribution in [3.8, 4) is 0 Å². The van der Waals surface area contributed by atoms with Crippen LogP contribution in [0.25, 0.3) is 0 Å². The topological polar surface area (TPSA) is 86.5 Å². The van der Waals surface area contributed by atoms with Crippen LogP contribution in [0.3, 0.4) is 0 Å². The number of rotatable bonds is 6. The van der Waals surface area contributed by atoms with Crippen molar-refractivity contribution in [1.82, 2.24) is 0 Å². The molecule has 0 aromatic heterocycles. The second-order valence-corrected chi connectivity index (χ2v) is 7.17. The smallest absolute Gasteiger partial charge is 0.305 e. The van der Waals surface area contributed by atoms with Gasteiger partial charge in [-0.05, 0) is 35.7 Å². The number of aryl methyl sites for hydroxylation is 1. The van der Waals surface area contributed by atoms with Crippen molar-refractivity contribution >= 4 is 21.5 Å². The number of benzene rings is 2. The maximum Gasteiger partial charge on any atom is 0.305 e. The number of hydrogen-bond acceptors (Lipinski definition) is 5. The predicted molar refractivity (Wildman–Crippen MR) is 88.5 cm³/mol. The van der Waals surface area contributed by atoms with Gasteiger partial charge in [0.1, 0.15) is 0 Å². The molecule has 2 aromatic rings. The molecule has 0 saturated carbocycles. The molecule has 122 valence electrons. The highest BCUT2D eigenvalue weighted by Crippen LogP contribution is 2.22. The molecule has 0 bridgehead atoms. The lowest BCUT2D eigenvalue weighted by molar-refractivity contribution is -0.140. The van der Waals surface area contributed by atoms with Crippen molar-refractivity contribution in [2.45, 2.75) is 23.5 Å². The average molecular weight is 333 g/mol. The average Bonchev–Trinajstić information content (AvgIpc) is 2.55. The van der Waals surface area contributed by atoms with Crippen molar-refractivity contribution in [2.75, 3.05) is 12.8 Å². The summed E-state index contributed by atoms with van der Waals surface area (Å²) >= 11 is 0. The number of nitrogens with two attached hydrogens (primary N) is 1. The van der Waals surface area contributed by atoms with Crippen LogP contribution in [0.4, 0.5) is 5.69 Å². The first kappa shape index (κ1) is 17.0. The van der Waals surface area contributed by atoms with Gasteiger partial charge in [-0.2, -0.15) is 0 Å². The highest BCUT2D eigenvalue weighted by atomic mass is 32.2. The molecule has 0 atom stereocenters. The van der Waals surface area contributed by atoms with Crippen molar-refractivity contribution < 1.29 is 17.9 Å². The van der Waals surface area contributed by atoms with Crippen LogP contribution in [0, 0.1) is 0 Å². The first-order valence-corrected chi connectivity index (χ1v) is 8.79. The van der Waals surface area contributed by atoms with Crippen LogP contribution in [0.1, 0.15) is 17.5 Å². The van der Waals surface area contributed by atoms with Crippen molar-refractivity contribution in [2.24, 2.45) is 0 Å². The normalized spacial score (nSPS) is 11.2. The minimum Gasteiger partial charge on any atom is -0.469 e. The molecule has 0 aliphatic rings. The van der Waals surface area contributed by atoms with E-state index >= 15 is 0 Å². The third-order valence-corrected chi connectivity index (χ3v) is 5.18. The zero-order valence-corrected chi connectivity index (χ0v) is 13.7. The number of carbonyl (C=O) groups excluding carboxylic acids is 1. The summed E-state index contributed by atoms with van der Waals surface area (Å²) in [6.45, 7) is 0. The molecule has 0 heterocycles. The van der Waals surface area contributed by atoms with Crippen LogP contribution in [0.15, 0.2) is 53.4 Å². The number of methoxy groups -OCH3 is 1. The van der Waals surface area contributed by atoms with E-state index < -0.39 is 9.84 Å². The molecule has 2 aromatic carbocycles. The standard InChI is InChI=1S/C17H19NO4S/c1-22-17(19)10-8-13-7-9-16(18)14(11-13)12-23(20,21)15-5-3-2-4-6-15/h2-7,9,11H,8,10,12,18H2,1H3. The Hall–Kier alpha value is -2.34. The zero-order valence-electron chi connectivity index (χ0n) is 12.9. The van der Waals surface area contributed by atoms with Gasteiger partial charge in [0, 0.05) is 12.1 Å². The fourth-order valence-corrected chi connectivity index (χ4v) is 3.60. The third kappa shape index (κ3) is 4.56. The Labute approximate surface area is 136 Å². The number of anilines is 1. The minimum absolute atomic E-state index is 0.172. The Bertz CT molecular complexity index is 785. The van der Waals surface area contributed by atoms with Crippen molar-refractivity contribution in [3.63, 3.8) is 0 Å². The summed E-state index contributed by atoms with van der Waals surface area (Å²) in [5.41, 5.74) is 7.71. The van der Waals surface area contributed by atoms with Gasteiger partial charge in [-0.15, -0.1) is 0 Å². The number of esters is 1. The van der Waals surface area contributed by atoms with Gasteiger partial charge in [0.05, 0.1) is 17.8 Å². The van der Waals surface area contributed by atoms with E-state index in [0.29, 0.717) is 17.7 Å². The molecule has 2 rings (SSSR count). The molecule has 0 radical (unpaired) electrons. The highest BCUT2D eigenvalue weighted by molar-refractivity contribution is 7.90. The molecule has 0 aliphatic heterocycles. The SMILES string of the molecule is COC(=O)CCc1ccc(N)c(CS(=O)(=O)c2ccccc2)c1. The molecule has 0 spiro atoms. The predicted octanol–water partition coefficient (Wildman–Crippen LogP) is 2.35. The van der Waals surface area contributed by atoms with Gasteiger partial charge < -0.3 is 10.5 Å². The van der Waals surface area contributed by atoms with Crippen LogP contribution < -0.4 is 5.73 Å². The van der Waals surface area contributed by atoms with E-state index in [1.807, 2.05) is 0 Å². The second kappa shape index (κ2) is 7.28. The van der Waals surface area contributed by atoms with Crippen LogP contribution >= 0.6 is 0 Å². The Morgan fingerprint density at radius 3 is 2.48 bits per heavy atom. The molecule has 6 heteroatoms. The van der Waals surface area contributed by atoms with Crippen LogP contribution in [-0.4, -0.2) is 21.5 Å². The Morgan fingerprint density at radius 1 is 1.13 bits per heavy atom. The molecule has 0 saturated heterocycles. The first-order valence-electron chi connectivity index (χ1n) is 7.14. The fourth-order valence-electron chi connectivity index (χ4n) is 2.20. The summed E-state index contributed by atoms with van der Waals surface area (Å²) in [4.78, 5) is 11.5. The lowest BCUT2D eigenvalue weighted by Crippen LogP contribution is -2.08. The summed E-state index contributed by atoms with van der Waals surface area (Å²) in [6, 6.07) is 13.4. The van der Waals surface area contributed by atoms with Gasteiger partial charge in [0.25, 0.3) is 0 Å². The zero-order chi connectivity index (χ0) is 16.9. The molecule has 0 unspecified atom stereocenters. The second-order valence-electron chi connectivity index (χ2n) is 5.18. The van der Waals surface area contributed by atoms with E-state index in [1.165, 1.54) is 7.11 Å². The largest absolute Gasteiger partial charge is 0.469 e. The van der Waals surface area contributed by atoms with Crippen LogP contribution in [0.5, 0.6) is 0 Å². The number of hydrogen-bond donors (Lipinski definition) is 1. The van der Waals surface area contributed by atoms with E-state index in [-0.39, 0.29) is 23.0 Å². The lowest BCUT2D eigenvalue weighted by Gasteiger charge is -2.10. The number of sulfone groups is 1. The molecule has 23 heavy (non-hydrogen) atoms. The van der Waals surface area contributed by atoms with Gasteiger partial charge in [0.15, 0.2) is 9.84 Å². The number of nitrogen functional groups attached to an aromatic ring is 1. The summed E-state index contributed by atoms with van der Waals surface area (Å²) in [5.74, 6) is -0.477. The lowest BCUT2D eigenvalue weighted by atomic mass is 10.1. The van der Waals surface area contributed by atoms with Gasteiger partial charge in [-0.25, -0.2) is 8.42 Å². The molecule has 5 nitrogen and oxygen atoms in total. The van der Waals surface area contributed by atoms with Crippen molar-refractivity contribution in [3.05, 3.63) is 59.7 Å². The van der Waals surface area contributed by atoms with Gasteiger partial charge >= 0.3 is 5.97 Å². The number of ether oxygens (including phenoxy) is 1. The maximum atomic E-state index is 12.4. The molecule has 2 N–H and O–H groups in total. The van der Waals surface area contributed by atoms with Crippen molar-refractivity contribution in [1.29, 1.82) is 0 Å². The van der Waals surface area contributed by atoms with E-state index in [0.717, 1.165) is 5.56 Å². The molecular formula is C17H19NO4S. The Balaban J connectivity index is 2.21. The van der Waals surface area contributed by atoms with Crippen LogP contribution in [-0.2, 0) is 31.5 Å². The van der Waals surface area contributed by atoms with Gasteiger partial charge in [0.2, 0.25) is 0 Å². The van der Waals surface area contributed by atoms with E-state index in [9.17, 15) is 13.2 Å². The molecule has 0 amide bonds. The summed E-state index contributed by atoms with van der Waals surface area (Å²) in [6.07, 6.45) is 0.719. The Kier molecular flexibility index (Phi) is 5.39. The summed E-state index contributed by atoms with van der Waals surface area (Å²) in [7, 11) is -2.12. The fraction of sp³-hybridized carbons (Fsp3) is 0.235. The van der Waals surface area contributed by atoms with E-state index in [1.54, 1.807) is 48.5 Å². The van der Waals surface area contributed by atoms with E-state index in [2.05, 4.69) is 4.74 Å². The molecular weight excluding hydrogens is 314 g/mol. The quantitative estimate of drug-likeness (QED) is 0.648. The van der Waals surface area contributed by atoms with Crippen LogP contribution in [0.2, 0.25) is 0 Å². The summed E-state index contributed by atoms with van der Waals surface area (Å²) < 4.78 is 29.5. The highest BCUT2D eigenvalue weighted by Gasteiger charge is 2.17. The molecule has 0 aliphatic carbocycles. The minimum atomic E-state index is -3.46. The Morgan fingerprint density at radius 2 is 1.83 bits per heavy atom. The third-order valence-electron chi connectivity index (χ3n) is 3.50. The summed E-state index contributed by atoms with van der Waals surface area (Å²) in [5, 5.41) is 0. The maximum absolute atomic E-state index is 12.4. The first-order chi connectivity index (χ1) is 10.9. The monoisotopic (exact) mass is 333 g/mol. The van der Waals surface area contributed by atoms with E-state index in [4.69, 9.17) is 5.73 Å². The van der Waals surface area contributed by atoms with Gasteiger partial charge in [-0.1, -0.05) is 30.3 Å². The molecule has 0 fully saturated rings. The van der Waals surface area contributed by atoms with Gasteiger partial charge in [-0.3, -0.25) is 4.79 Å². The number of carbonyl (C=O) groups is 1.